The van der Waals surface area contributed by atoms with Crippen molar-refractivity contribution in [2.24, 2.45) is 0 Å². The Hall–Kier alpha value is -1.89. The maximum absolute atomic E-state index is 12.0. The highest BCUT2D eigenvalue weighted by molar-refractivity contribution is 5.80. The number of aromatic nitrogens is 2. The van der Waals surface area contributed by atoms with Crippen LogP contribution in [0, 0.1) is 13.8 Å². The molecule has 0 saturated carbocycles. The highest BCUT2D eigenvalue weighted by atomic mass is 16.5. The lowest BCUT2D eigenvalue weighted by molar-refractivity contribution is -0.136. The summed E-state index contributed by atoms with van der Waals surface area (Å²) in [6, 6.07) is -0.492. The SMILES string of the molecule is COCCNC(=O)C(C)n1nc(C)c(CC(=O)O)c1C. The second-order valence-electron chi connectivity index (χ2n) is 4.62. The third-order valence-corrected chi connectivity index (χ3v) is 3.15. The number of hydrogen-bond acceptors (Lipinski definition) is 4. The number of rotatable bonds is 7. The average Bonchev–Trinajstić information content (AvgIpc) is 2.65. The van der Waals surface area contributed by atoms with Crippen LogP contribution in [0.1, 0.15) is 29.9 Å². The zero-order valence-corrected chi connectivity index (χ0v) is 12.3. The van der Waals surface area contributed by atoms with Gasteiger partial charge in [-0.15, -0.1) is 0 Å². The van der Waals surface area contributed by atoms with Gasteiger partial charge >= 0.3 is 5.97 Å². The van der Waals surface area contributed by atoms with Crippen molar-refractivity contribution in [2.75, 3.05) is 20.3 Å². The Labute approximate surface area is 117 Å². The molecule has 0 radical (unpaired) electrons. The molecule has 1 rings (SSSR count). The predicted molar refractivity (Wildman–Crippen MR) is 72.6 cm³/mol. The number of aliphatic carboxylic acids is 1. The fourth-order valence-electron chi connectivity index (χ4n) is 2.02. The molecule has 112 valence electrons. The van der Waals surface area contributed by atoms with Gasteiger partial charge in [-0.05, 0) is 20.8 Å². The first-order valence-corrected chi connectivity index (χ1v) is 6.41. The normalized spacial score (nSPS) is 12.2. The first-order valence-electron chi connectivity index (χ1n) is 6.41. The summed E-state index contributed by atoms with van der Waals surface area (Å²) >= 11 is 0. The van der Waals surface area contributed by atoms with E-state index in [1.165, 1.54) is 0 Å². The second kappa shape index (κ2) is 7.04. The highest BCUT2D eigenvalue weighted by Crippen LogP contribution is 2.18. The molecule has 0 saturated heterocycles. The molecule has 1 heterocycles. The van der Waals surface area contributed by atoms with Gasteiger partial charge in [0, 0.05) is 24.9 Å². The van der Waals surface area contributed by atoms with Gasteiger partial charge in [0.25, 0.3) is 0 Å². The molecule has 1 atom stereocenters. The lowest BCUT2D eigenvalue weighted by atomic mass is 10.1. The van der Waals surface area contributed by atoms with E-state index >= 15 is 0 Å². The maximum atomic E-state index is 12.0. The van der Waals surface area contributed by atoms with Gasteiger partial charge < -0.3 is 15.2 Å². The molecule has 1 unspecified atom stereocenters. The van der Waals surface area contributed by atoms with Crippen molar-refractivity contribution in [1.82, 2.24) is 15.1 Å². The minimum atomic E-state index is -0.909. The van der Waals surface area contributed by atoms with Gasteiger partial charge in [0.1, 0.15) is 6.04 Å². The number of carbonyl (C=O) groups excluding carboxylic acids is 1. The Morgan fingerprint density at radius 1 is 1.45 bits per heavy atom. The molecule has 1 amide bonds. The number of carboxylic acid groups (broad SMARTS) is 1. The zero-order chi connectivity index (χ0) is 15.3. The van der Waals surface area contributed by atoms with E-state index < -0.39 is 12.0 Å². The lowest BCUT2D eigenvalue weighted by Crippen LogP contribution is -2.34. The summed E-state index contributed by atoms with van der Waals surface area (Å²) in [6.45, 7) is 6.13. The van der Waals surface area contributed by atoms with Crippen LogP contribution in [0.5, 0.6) is 0 Å². The number of nitrogens with one attached hydrogen (secondary N) is 1. The van der Waals surface area contributed by atoms with Gasteiger partial charge in [-0.25, -0.2) is 0 Å². The molecule has 1 aromatic heterocycles. The smallest absolute Gasteiger partial charge is 0.307 e. The summed E-state index contributed by atoms with van der Waals surface area (Å²) in [6.07, 6.45) is -0.0876. The minimum Gasteiger partial charge on any atom is -0.481 e. The van der Waals surface area contributed by atoms with Crippen LogP contribution in [0.4, 0.5) is 0 Å². The van der Waals surface area contributed by atoms with Crippen LogP contribution in [0.3, 0.4) is 0 Å². The molecule has 0 spiro atoms. The summed E-state index contributed by atoms with van der Waals surface area (Å²) in [7, 11) is 1.56. The zero-order valence-electron chi connectivity index (χ0n) is 12.3. The van der Waals surface area contributed by atoms with Crippen LogP contribution in [0.25, 0.3) is 0 Å². The monoisotopic (exact) mass is 283 g/mol. The number of nitrogens with zero attached hydrogens (tertiary/aromatic N) is 2. The molecule has 0 aliphatic carbocycles. The number of methoxy groups -OCH3 is 1. The van der Waals surface area contributed by atoms with Crippen LogP contribution in [-0.2, 0) is 20.7 Å². The Morgan fingerprint density at radius 2 is 2.10 bits per heavy atom. The summed E-state index contributed by atoms with van der Waals surface area (Å²) < 4.78 is 6.43. The van der Waals surface area contributed by atoms with Crippen molar-refractivity contribution < 1.29 is 19.4 Å². The van der Waals surface area contributed by atoms with Gasteiger partial charge in [-0.2, -0.15) is 5.10 Å². The Kier molecular flexibility index (Phi) is 5.69. The first kappa shape index (κ1) is 16.2. The second-order valence-corrected chi connectivity index (χ2v) is 4.62. The number of carbonyl (C=O) groups is 2. The van der Waals surface area contributed by atoms with Crippen LogP contribution in [0.15, 0.2) is 0 Å². The molecule has 0 aliphatic heterocycles. The van der Waals surface area contributed by atoms with E-state index in [1.807, 2.05) is 0 Å². The quantitative estimate of drug-likeness (QED) is 0.709. The summed E-state index contributed by atoms with van der Waals surface area (Å²) in [5, 5.41) is 15.9. The average molecular weight is 283 g/mol. The van der Waals surface area contributed by atoms with E-state index in [2.05, 4.69) is 10.4 Å². The molecular weight excluding hydrogens is 262 g/mol. The Balaban J connectivity index is 2.85. The fraction of sp³-hybridized carbons (Fsp3) is 0.615. The van der Waals surface area contributed by atoms with Crippen LogP contribution >= 0.6 is 0 Å². The van der Waals surface area contributed by atoms with Crippen molar-refractivity contribution in [2.45, 2.75) is 33.2 Å². The van der Waals surface area contributed by atoms with Crippen molar-refractivity contribution in [3.63, 3.8) is 0 Å². The van der Waals surface area contributed by atoms with E-state index in [4.69, 9.17) is 9.84 Å². The maximum Gasteiger partial charge on any atom is 0.307 e. The first-order chi connectivity index (χ1) is 9.38. The van der Waals surface area contributed by atoms with Crippen molar-refractivity contribution in [3.05, 3.63) is 17.0 Å². The predicted octanol–water partition coefficient (Wildman–Crippen LogP) is 0.451. The fourth-order valence-corrected chi connectivity index (χ4v) is 2.02. The van der Waals surface area contributed by atoms with Crippen molar-refractivity contribution >= 4 is 11.9 Å². The number of hydrogen-bond donors (Lipinski definition) is 2. The number of carboxylic acids is 1. The molecule has 1 aromatic rings. The minimum absolute atomic E-state index is 0.0876. The van der Waals surface area contributed by atoms with Gasteiger partial charge in [0.15, 0.2) is 0 Å². The number of ether oxygens (including phenoxy) is 1. The molecule has 0 aliphatic rings. The largest absolute Gasteiger partial charge is 0.481 e. The van der Waals surface area contributed by atoms with E-state index in [0.29, 0.717) is 30.1 Å². The molecule has 7 nitrogen and oxygen atoms in total. The van der Waals surface area contributed by atoms with Gasteiger partial charge in [-0.3, -0.25) is 14.3 Å². The molecule has 0 aromatic carbocycles. The van der Waals surface area contributed by atoms with Gasteiger partial charge in [-0.1, -0.05) is 0 Å². The van der Waals surface area contributed by atoms with Gasteiger partial charge in [0.2, 0.25) is 5.91 Å². The molecule has 20 heavy (non-hydrogen) atoms. The highest BCUT2D eigenvalue weighted by Gasteiger charge is 2.21. The van der Waals surface area contributed by atoms with Crippen molar-refractivity contribution in [1.29, 1.82) is 0 Å². The topological polar surface area (TPSA) is 93.5 Å². The summed E-state index contributed by atoms with van der Waals surface area (Å²) in [4.78, 5) is 22.8. The summed E-state index contributed by atoms with van der Waals surface area (Å²) in [5.41, 5.74) is 2.01. The number of amides is 1. The number of aryl methyl sites for hydroxylation is 1. The molecule has 0 bridgehead atoms. The van der Waals surface area contributed by atoms with Crippen LogP contribution < -0.4 is 5.32 Å². The molecular formula is C13H21N3O4. The van der Waals surface area contributed by atoms with Crippen LogP contribution in [-0.4, -0.2) is 47.0 Å². The Bertz CT molecular complexity index is 496. The lowest BCUT2D eigenvalue weighted by Gasteiger charge is -2.14. The standard InChI is InChI=1S/C13H21N3O4/c1-8-11(7-12(17)18)9(2)16(15-8)10(3)13(19)14-5-6-20-4/h10H,5-7H2,1-4H3,(H,14,19)(H,17,18). The molecule has 0 fully saturated rings. The van der Waals surface area contributed by atoms with Crippen molar-refractivity contribution in [3.8, 4) is 0 Å². The van der Waals surface area contributed by atoms with E-state index in [1.54, 1.807) is 32.6 Å². The van der Waals surface area contributed by atoms with Crippen LogP contribution in [0.2, 0.25) is 0 Å². The third kappa shape index (κ3) is 3.80. The Morgan fingerprint density at radius 3 is 2.65 bits per heavy atom. The van der Waals surface area contributed by atoms with E-state index in [0.717, 1.165) is 0 Å². The summed E-state index contributed by atoms with van der Waals surface area (Å²) in [5.74, 6) is -1.08. The molecule has 2 N–H and O–H groups in total. The van der Waals surface area contributed by atoms with Gasteiger partial charge in [0.05, 0.1) is 18.7 Å². The third-order valence-electron chi connectivity index (χ3n) is 3.15. The molecule has 7 heteroatoms. The van der Waals surface area contributed by atoms with E-state index in [-0.39, 0.29) is 12.3 Å². The van der Waals surface area contributed by atoms with E-state index in [9.17, 15) is 9.59 Å².